The van der Waals surface area contributed by atoms with Gasteiger partial charge in [0, 0.05) is 19.9 Å². The van der Waals surface area contributed by atoms with E-state index in [2.05, 4.69) is 12.0 Å². The van der Waals surface area contributed by atoms with E-state index in [-0.39, 0.29) is 11.7 Å². The summed E-state index contributed by atoms with van der Waals surface area (Å²) in [5, 5.41) is 14.9. The number of ether oxygens (including phenoxy) is 1. The molecule has 1 saturated carbocycles. The fraction of sp³-hybridized carbons (Fsp3) is 0.812. The van der Waals surface area contributed by atoms with Crippen molar-refractivity contribution in [2.24, 2.45) is 13.0 Å². The van der Waals surface area contributed by atoms with Gasteiger partial charge in [0.1, 0.15) is 0 Å². The van der Waals surface area contributed by atoms with E-state index in [1.807, 2.05) is 31.0 Å². The van der Waals surface area contributed by atoms with Crippen LogP contribution in [0.25, 0.3) is 0 Å². The average molecular weight is 280 g/mol. The van der Waals surface area contributed by atoms with Crippen molar-refractivity contribution in [3.8, 4) is 0 Å². The lowest BCUT2D eigenvalue weighted by Crippen LogP contribution is -2.48. The summed E-state index contributed by atoms with van der Waals surface area (Å²) >= 11 is 0. The minimum absolute atomic E-state index is 0.325. The second-order valence-electron chi connectivity index (χ2n) is 6.28. The van der Waals surface area contributed by atoms with Crippen molar-refractivity contribution in [3.63, 3.8) is 0 Å². The molecule has 1 N–H and O–H groups in total. The van der Waals surface area contributed by atoms with Gasteiger partial charge in [0.15, 0.2) is 0 Å². The van der Waals surface area contributed by atoms with E-state index in [0.717, 1.165) is 32.1 Å². The molecule has 0 amide bonds. The van der Waals surface area contributed by atoms with Crippen LogP contribution in [0.2, 0.25) is 0 Å². The van der Waals surface area contributed by atoms with Gasteiger partial charge in [0.25, 0.3) is 0 Å². The molecule has 0 saturated heterocycles. The number of aryl methyl sites for hydroxylation is 2. The van der Waals surface area contributed by atoms with Crippen LogP contribution in [0.1, 0.15) is 51.5 Å². The fourth-order valence-corrected chi connectivity index (χ4v) is 3.53. The first-order chi connectivity index (χ1) is 9.55. The summed E-state index contributed by atoms with van der Waals surface area (Å²) in [6.07, 6.45) is 9.50. The van der Waals surface area contributed by atoms with Crippen LogP contribution in [0.3, 0.4) is 0 Å². The van der Waals surface area contributed by atoms with Gasteiger partial charge in [0.2, 0.25) is 0 Å². The van der Waals surface area contributed by atoms with Crippen molar-refractivity contribution in [2.45, 2.75) is 64.1 Å². The van der Waals surface area contributed by atoms with Crippen LogP contribution >= 0.6 is 0 Å². The number of hydrogen-bond acceptors (Lipinski definition) is 3. The van der Waals surface area contributed by atoms with Gasteiger partial charge in [-0.25, -0.2) is 0 Å². The van der Waals surface area contributed by atoms with Gasteiger partial charge in [-0.3, -0.25) is 4.68 Å². The molecule has 1 aliphatic rings. The predicted octanol–water partition coefficient (Wildman–Crippen LogP) is 2.70. The smallest absolute Gasteiger partial charge is 0.0942 e. The van der Waals surface area contributed by atoms with Crippen molar-refractivity contribution in [2.75, 3.05) is 6.61 Å². The number of rotatable bonds is 6. The summed E-state index contributed by atoms with van der Waals surface area (Å²) in [6.45, 7) is 4.96. The predicted molar refractivity (Wildman–Crippen MR) is 79.5 cm³/mol. The van der Waals surface area contributed by atoms with Gasteiger partial charge in [-0.15, -0.1) is 0 Å². The maximum atomic E-state index is 10.7. The molecule has 0 aromatic carbocycles. The SMILES string of the molecule is CCOC1(C(O)CCc2cnn(C)c2)CCCC(C)C1. The minimum atomic E-state index is -0.384. The molecular weight excluding hydrogens is 252 g/mol. The molecule has 4 nitrogen and oxygen atoms in total. The quantitative estimate of drug-likeness (QED) is 0.871. The number of aliphatic hydroxyl groups is 1. The fourth-order valence-electron chi connectivity index (χ4n) is 3.53. The average Bonchev–Trinajstić information content (AvgIpc) is 2.82. The van der Waals surface area contributed by atoms with E-state index in [4.69, 9.17) is 4.74 Å². The molecule has 114 valence electrons. The molecular formula is C16H28N2O2. The van der Waals surface area contributed by atoms with Crippen molar-refractivity contribution in [1.82, 2.24) is 9.78 Å². The molecule has 2 rings (SSSR count). The van der Waals surface area contributed by atoms with E-state index < -0.39 is 0 Å². The van der Waals surface area contributed by atoms with E-state index in [0.29, 0.717) is 12.5 Å². The molecule has 0 radical (unpaired) electrons. The highest BCUT2D eigenvalue weighted by Crippen LogP contribution is 2.39. The molecule has 3 atom stereocenters. The van der Waals surface area contributed by atoms with Crippen LogP contribution in [0, 0.1) is 5.92 Å². The maximum Gasteiger partial charge on any atom is 0.0942 e. The first-order valence-electron chi connectivity index (χ1n) is 7.85. The van der Waals surface area contributed by atoms with Crippen LogP contribution in [-0.4, -0.2) is 33.2 Å². The van der Waals surface area contributed by atoms with Crippen molar-refractivity contribution in [3.05, 3.63) is 18.0 Å². The second kappa shape index (κ2) is 6.72. The Balaban J connectivity index is 1.97. The van der Waals surface area contributed by atoms with E-state index in [9.17, 15) is 5.11 Å². The summed E-state index contributed by atoms with van der Waals surface area (Å²) < 4.78 is 7.83. The number of aromatic nitrogens is 2. The third-order valence-electron chi connectivity index (χ3n) is 4.49. The Kier molecular flexibility index (Phi) is 5.22. The zero-order valence-electron chi connectivity index (χ0n) is 13.0. The topological polar surface area (TPSA) is 47.3 Å². The Morgan fingerprint density at radius 2 is 2.40 bits per heavy atom. The molecule has 4 heteroatoms. The number of nitrogens with zero attached hydrogens (tertiary/aromatic N) is 2. The molecule has 1 aromatic rings. The van der Waals surface area contributed by atoms with Crippen molar-refractivity contribution in [1.29, 1.82) is 0 Å². The lowest BCUT2D eigenvalue weighted by molar-refractivity contribution is -0.149. The lowest BCUT2D eigenvalue weighted by Gasteiger charge is -2.43. The summed E-state index contributed by atoms with van der Waals surface area (Å²) in [6, 6.07) is 0. The first kappa shape index (κ1) is 15.5. The monoisotopic (exact) mass is 280 g/mol. The summed E-state index contributed by atoms with van der Waals surface area (Å²) in [4.78, 5) is 0. The second-order valence-corrected chi connectivity index (χ2v) is 6.28. The minimum Gasteiger partial charge on any atom is -0.390 e. The van der Waals surface area contributed by atoms with Gasteiger partial charge >= 0.3 is 0 Å². The third kappa shape index (κ3) is 3.61. The van der Waals surface area contributed by atoms with Gasteiger partial charge in [-0.2, -0.15) is 5.10 Å². The van der Waals surface area contributed by atoms with E-state index in [1.165, 1.54) is 12.0 Å². The Morgan fingerprint density at radius 3 is 3.00 bits per heavy atom. The highest BCUT2D eigenvalue weighted by Gasteiger charge is 2.41. The maximum absolute atomic E-state index is 10.7. The normalized spacial score (nSPS) is 28.5. The highest BCUT2D eigenvalue weighted by atomic mass is 16.5. The zero-order chi connectivity index (χ0) is 14.6. The molecule has 0 bridgehead atoms. The van der Waals surface area contributed by atoms with Crippen LogP contribution in [0.5, 0.6) is 0 Å². The zero-order valence-corrected chi connectivity index (χ0v) is 13.0. The number of hydrogen-bond donors (Lipinski definition) is 1. The molecule has 3 unspecified atom stereocenters. The molecule has 1 aliphatic carbocycles. The van der Waals surface area contributed by atoms with Crippen molar-refractivity contribution >= 4 is 0 Å². The standard InChI is InChI=1S/C16H28N2O2/c1-4-20-16(9-5-6-13(2)10-16)15(19)8-7-14-11-17-18(3)12-14/h11-13,15,19H,4-10H2,1-3H3. The summed E-state index contributed by atoms with van der Waals surface area (Å²) in [5.41, 5.74) is 0.858. The Hall–Kier alpha value is -0.870. The molecule has 1 heterocycles. The summed E-state index contributed by atoms with van der Waals surface area (Å²) in [7, 11) is 1.92. The third-order valence-corrected chi connectivity index (χ3v) is 4.49. The van der Waals surface area contributed by atoms with Gasteiger partial charge in [-0.05, 0) is 44.1 Å². The molecule has 1 fully saturated rings. The first-order valence-corrected chi connectivity index (χ1v) is 7.85. The van der Waals surface area contributed by atoms with Crippen LogP contribution in [0.4, 0.5) is 0 Å². The van der Waals surface area contributed by atoms with Gasteiger partial charge < -0.3 is 9.84 Å². The molecule has 20 heavy (non-hydrogen) atoms. The number of aliphatic hydroxyl groups excluding tert-OH is 1. The lowest BCUT2D eigenvalue weighted by atomic mass is 9.74. The van der Waals surface area contributed by atoms with E-state index >= 15 is 0 Å². The van der Waals surface area contributed by atoms with Crippen LogP contribution in [-0.2, 0) is 18.2 Å². The van der Waals surface area contributed by atoms with E-state index in [1.54, 1.807) is 0 Å². The van der Waals surface area contributed by atoms with Gasteiger partial charge in [-0.1, -0.05) is 19.8 Å². The van der Waals surface area contributed by atoms with Crippen LogP contribution in [0.15, 0.2) is 12.4 Å². The van der Waals surface area contributed by atoms with Gasteiger partial charge in [0.05, 0.1) is 17.9 Å². The molecule has 0 spiro atoms. The highest BCUT2D eigenvalue weighted by molar-refractivity contribution is 5.05. The summed E-state index contributed by atoms with van der Waals surface area (Å²) in [5.74, 6) is 0.642. The van der Waals surface area contributed by atoms with Crippen LogP contribution < -0.4 is 0 Å². The molecule has 0 aliphatic heterocycles. The Morgan fingerprint density at radius 1 is 1.60 bits per heavy atom. The molecule has 1 aromatic heterocycles. The van der Waals surface area contributed by atoms with Crippen molar-refractivity contribution < 1.29 is 9.84 Å². The Bertz CT molecular complexity index is 414. The Labute approximate surface area is 122 Å². The largest absolute Gasteiger partial charge is 0.390 e.